The van der Waals surface area contributed by atoms with E-state index in [2.05, 4.69) is 26.2 Å². The first-order valence-electron chi connectivity index (χ1n) is 5.90. The summed E-state index contributed by atoms with van der Waals surface area (Å²) in [6.07, 6.45) is 4.24. The molecule has 0 radical (unpaired) electrons. The standard InChI is InChI=1S/C14H13BrF2N2/c15-12-1-2-13(16)11(14(12)17)9-19-8-5-10-3-6-18-7-4-10/h1-4,6-7,19H,5,8-9H2. The van der Waals surface area contributed by atoms with E-state index < -0.39 is 11.6 Å². The number of pyridine rings is 1. The Morgan fingerprint density at radius 3 is 2.58 bits per heavy atom. The molecule has 0 fully saturated rings. The van der Waals surface area contributed by atoms with Crippen LogP contribution in [0, 0.1) is 11.6 Å². The third kappa shape index (κ3) is 3.81. The Hall–Kier alpha value is -1.33. The molecule has 2 aromatic rings. The summed E-state index contributed by atoms with van der Waals surface area (Å²) in [7, 11) is 0. The van der Waals surface area contributed by atoms with Gasteiger partial charge in [-0.1, -0.05) is 0 Å². The highest BCUT2D eigenvalue weighted by molar-refractivity contribution is 9.10. The predicted molar refractivity (Wildman–Crippen MR) is 73.7 cm³/mol. The smallest absolute Gasteiger partial charge is 0.144 e. The van der Waals surface area contributed by atoms with E-state index in [1.165, 1.54) is 12.1 Å². The Morgan fingerprint density at radius 2 is 1.84 bits per heavy atom. The zero-order valence-corrected chi connectivity index (χ0v) is 11.8. The first-order chi connectivity index (χ1) is 9.18. The molecule has 0 aliphatic heterocycles. The van der Waals surface area contributed by atoms with Gasteiger partial charge in [0.1, 0.15) is 11.6 Å². The van der Waals surface area contributed by atoms with Gasteiger partial charge in [-0.25, -0.2) is 8.78 Å². The lowest BCUT2D eigenvalue weighted by atomic mass is 10.1. The van der Waals surface area contributed by atoms with Gasteiger partial charge in [-0.2, -0.15) is 0 Å². The Morgan fingerprint density at radius 1 is 1.11 bits per heavy atom. The number of aromatic nitrogens is 1. The number of rotatable bonds is 5. The van der Waals surface area contributed by atoms with Crippen LogP contribution in [0.25, 0.3) is 0 Å². The van der Waals surface area contributed by atoms with Gasteiger partial charge in [-0.15, -0.1) is 0 Å². The molecule has 0 atom stereocenters. The number of nitrogens with zero attached hydrogens (tertiary/aromatic N) is 1. The zero-order valence-electron chi connectivity index (χ0n) is 10.2. The van der Waals surface area contributed by atoms with Crippen molar-refractivity contribution in [3.8, 4) is 0 Å². The first-order valence-corrected chi connectivity index (χ1v) is 6.70. The summed E-state index contributed by atoms with van der Waals surface area (Å²) in [5.41, 5.74) is 1.20. The molecular formula is C14H13BrF2N2. The van der Waals surface area contributed by atoms with E-state index in [0.717, 1.165) is 12.0 Å². The second-order valence-corrected chi connectivity index (χ2v) is 4.96. The molecule has 0 amide bonds. The van der Waals surface area contributed by atoms with Crippen LogP contribution in [0.2, 0.25) is 0 Å². The summed E-state index contributed by atoms with van der Waals surface area (Å²) in [4.78, 5) is 3.93. The van der Waals surface area contributed by atoms with Gasteiger partial charge >= 0.3 is 0 Å². The molecule has 0 unspecified atom stereocenters. The fourth-order valence-corrected chi connectivity index (χ4v) is 2.10. The van der Waals surface area contributed by atoms with Crippen LogP contribution in [0.4, 0.5) is 8.78 Å². The summed E-state index contributed by atoms with van der Waals surface area (Å²) >= 11 is 3.05. The van der Waals surface area contributed by atoms with Crippen LogP contribution in [-0.2, 0) is 13.0 Å². The monoisotopic (exact) mass is 326 g/mol. The SMILES string of the molecule is Fc1ccc(Br)c(F)c1CNCCc1ccncc1. The van der Waals surface area contributed by atoms with Crippen molar-refractivity contribution in [1.29, 1.82) is 0 Å². The normalized spacial score (nSPS) is 10.7. The van der Waals surface area contributed by atoms with E-state index in [-0.39, 0.29) is 16.6 Å². The molecule has 0 aliphatic rings. The van der Waals surface area contributed by atoms with Crippen LogP contribution < -0.4 is 5.32 Å². The predicted octanol–water partition coefficient (Wildman–Crippen LogP) is 3.45. The molecule has 1 N–H and O–H groups in total. The minimum absolute atomic E-state index is 0.0594. The molecular weight excluding hydrogens is 314 g/mol. The number of nitrogens with one attached hydrogen (secondary N) is 1. The molecule has 0 saturated heterocycles. The minimum atomic E-state index is -0.545. The molecule has 2 nitrogen and oxygen atoms in total. The molecule has 0 bridgehead atoms. The van der Waals surface area contributed by atoms with Crippen molar-refractivity contribution in [3.05, 3.63) is 63.9 Å². The summed E-state index contributed by atoms with van der Waals surface area (Å²) in [5.74, 6) is -1.08. The maximum absolute atomic E-state index is 13.7. The lowest BCUT2D eigenvalue weighted by Crippen LogP contribution is -2.18. The van der Waals surface area contributed by atoms with Crippen LogP contribution in [0.3, 0.4) is 0 Å². The number of hydrogen-bond donors (Lipinski definition) is 1. The van der Waals surface area contributed by atoms with Gasteiger partial charge in [0.15, 0.2) is 0 Å². The van der Waals surface area contributed by atoms with Gasteiger partial charge in [0.2, 0.25) is 0 Å². The maximum Gasteiger partial charge on any atom is 0.144 e. The molecule has 1 aromatic carbocycles. The van der Waals surface area contributed by atoms with Crippen LogP contribution in [-0.4, -0.2) is 11.5 Å². The maximum atomic E-state index is 13.7. The second-order valence-electron chi connectivity index (χ2n) is 4.10. The van der Waals surface area contributed by atoms with E-state index in [0.29, 0.717) is 6.54 Å². The van der Waals surface area contributed by atoms with Crippen molar-refractivity contribution in [2.45, 2.75) is 13.0 Å². The fourth-order valence-electron chi connectivity index (χ4n) is 1.73. The lowest BCUT2D eigenvalue weighted by molar-refractivity contribution is 0.532. The second kappa shape index (κ2) is 6.73. The van der Waals surface area contributed by atoms with E-state index in [4.69, 9.17) is 0 Å². The largest absolute Gasteiger partial charge is 0.312 e. The molecule has 0 saturated carbocycles. The third-order valence-corrected chi connectivity index (χ3v) is 3.39. The Bertz CT molecular complexity index is 547. The van der Waals surface area contributed by atoms with E-state index >= 15 is 0 Å². The quantitative estimate of drug-likeness (QED) is 0.672. The molecule has 2 rings (SSSR count). The summed E-state index contributed by atoms with van der Waals surface area (Å²) in [5, 5.41) is 3.04. The Kier molecular flexibility index (Phi) is 4.99. The highest BCUT2D eigenvalue weighted by Crippen LogP contribution is 2.21. The van der Waals surface area contributed by atoms with Crippen LogP contribution in [0.5, 0.6) is 0 Å². The minimum Gasteiger partial charge on any atom is -0.312 e. The first kappa shape index (κ1) is 14.1. The Balaban J connectivity index is 1.88. The van der Waals surface area contributed by atoms with Crippen LogP contribution >= 0.6 is 15.9 Å². The number of hydrogen-bond acceptors (Lipinski definition) is 2. The van der Waals surface area contributed by atoms with Gasteiger partial charge in [-0.05, 0) is 58.7 Å². The average Bonchev–Trinajstić information content (AvgIpc) is 2.43. The fraction of sp³-hybridized carbons (Fsp3) is 0.214. The van der Waals surface area contributed by atoms with Crippen LogP contribution in [0.1, 0.15) is 11.1 Å². The van der Waals surface area contributed by atoms with Crippen molar-refractivity contribution in [2.75, 3.05) is 6.54 Å². The van der Waals surface area contributed by atoms with Gasteiger partial charge in [0, 0.05) is 24.5 Å². The lowest BCUT2D eigenvalue weighted by Gasteiger charge is -2.08. The van der Waals surface area contributed by atoms with Crippen molar-refractivity contribution < 1.29 is 8.78 Å². The molecule has 19 heavy (non-hydrogen) atoms. The summed E-state index contributed by atoms with van der Waals surface area (Å²) in [6, 6.07) is 6.46. The summed E-state index contributed by atoms with van der Waals surface area (Å²) in [6.45, 7) is 0.817. The average molecular weight is 327 g/mol. The molecule has 0 aliphatic carbocycles. The zero-order chi connectivity index (χ0) is 13.7. The van der Waals surface area contributed by atoms with Gasteiger partial charge < -0.3 is 5.32 Å². The topological polar surface area (TPSA) is 24.9 Å². The number of halogens is 3. The van der Waals surface area contributed by atoms with Crippen LogP contribution in [0.15, 0.2) is 41.1 Å². The van der Waals surface area contributed by atoms with Crippen molar-refractivity contribution >= 4 is 15.9 Å². The Labute approximate surface area is 119 Å². The van der Waals surface area contributed by atoms with E-state index in [1.807, 2.05) is 12.1 Å². The number of benzene rings is 1. The van der Waals surface area contributed by atoms with E-state index in [1.54, 1.807) is 12.4 Å². The van der Waals surface area contributed by atoms with Crippen molar-refractivity contribution in [2.24, 2.45) is 0 Å². The van der Waals surface area contributed by atoms with Gasteiger partial charge in [0.25, 0.3) is 0 Å². The van der Waals surface area contributed by atoms with Crippen molar-refractivity contribution in [1.82, 2.24) is 10.3 Å². The highest BCUT2D eigenvalue weighted by Gasteiger charge is 2.11. The molecule has 5 heteroatoms. The van der Waals surface area contributed by atoms with Crippen molar-refractivity contribution in [3.63, 3.8) is 0 Å². The van der Waals surface area contributed by atoms with Gasteiger partial charge in [-0.3, -0.25) is 4.98 Å². The molecule has 1 heterocycles. The molecule has 0 spiro atoms. The third-order valence-electron chi connectivity index (χ3n) is 2.78. The highest BCUT2D eigenvalue weighted by atomic mass is 79.9. The molecule has 100 valence electrons. The van der Waals surface area contributed by atoms with E-state index in [9.17, 15) is 8.78 Å². The van der Waals surface area contributed by atoms with Gasteiger partial charge in [0.05, 0.1) is 4.47 Å². The summed E-state index contributed by atoms with van der Waals surface area (Å²) < 4.78 is 27.4. The molecule has 1 aromatic heterocycles.